The third-order valence-electron chi connectivity index (χ3n) is 6.45. The summed E-state index contributed by atoms with van der Waals surface area (Å²) in [5.74, 6) is -1.09. The molecule has 0 saturated carbocycles. The van der Waals surface area contributed by atoms with Crippen molar-refractivity contribution in [3.8, 4) is 0 Å². The van der Waals surface area contributed by atoms with Gasteiger partial charge in [-0.05, 0) is 49.4 Å². The highest BCUT2D eigenvalue weighted by Crippen LogP contribution is 2.38. The van der Waals surface area contributed by atoms with E-state index < -0.39 is 16.6 Å². The highest BCUT2D eigenvalue weighted by atomic mass is 32.2. The summed E-state index contributed by atoms with van der Waals surface area (Å²) < 4.78 is 27.4. The fraction of sp³-hybridized carbons (Fsp3) is 0.172. The summed E-state index contributed by atoms with van der Waals surface area (Å²) in [4.78, 5) is 1.51. The molecule has 0 aliphatic rings. The van der Waals surface area contributed by atoms with Gasteiger partial charge in [0, 0.05) is 63.5 Å². The van der Waals surface area contributed by atoms with Crippen molar-refractivity contribution in [2.24, 2.45) is 0 Å². The minimum absolute atomic E-state index is 0.734. The summed E-state index contributed by atoms with van der Waals surface area (Å²) >= 11 is 0. The largest absolute Gasteiger partial charge is 0.346 e. The monoisotopic (exact) mass is 469 g/mol. The average molecular weight is 470 g/mol. The number of hydrogen-bond acceptors (Lipinski definition) is 3. The Morgan fingerprint density at radius 2 is 1.29 bits per heavy atom. The number of aromatic nitrogens is 1. The van der Waals surface area contributed by atoms with Crippen LogP contribution in [0.4, 0.5) is 0 Å². The molecule has 0 fully saturated rings. The van der Waals surface area contributed by atoms with Crippen molar-refractivity contribution >= 4 is 32.6 Å². The van der Waals surface area contributed by atoms with E-state index in [1.165, 1.54) is 16.4 Å². The number of hydrogen-bond donors (Lipinski definition) is 0. The van der Waals surface area contributed by atoms with E-state index in [1.807, 2.05) is 54.6 Å². The zero-order chi connectivity index (χ0) is 23.7. The van der Waals surface area contributed by atoms with E-state index >= 15 is 0 Å². The maximum Gasteiger partial charge on any atom is 0.221 e. The van der Waals surface area contributed by atoms with Gasteiger partial charge in [-0.3, -0.25) is 0 Å². The standard InChI is InChI=1S/C29H27NO3S/c1-4-30-27-13-9-8-12-25(27)26-20-22(16-19-28(26)30)29(32-2,33-3)21-14-17-24(18-15-21)34(31)23-10-6-5-7-11-23/h5-20H,4H2,1-3H3. The van der Waals surface area contributed by atoms with Gasteiger partial charge in [0.1, 0.15) is 0 Å². The number of fused-ring (bicyclic) bond motifs is 3. The SMILES string of the molecule is CCn1c2ccccc2c2cc(C(OC)(OC)c3ccc(S(=O)c4ccccc4)cc3)ccc21. The molecule has 4 aromatic carbocycles. The number of nitrogens with zero attached hydrogens (tertiary/aromatic N) is 1. The second-order valence-electron chi connectivity index (χ2n) is 8.12. The number of methoxy groups -OCH3 is 2. The van der Waals surface area contributed by atoms with Crippen LogP contribution in [0.15, 0.2) is 107 Å². The number of benzene rings is 4. The van der Waals surface area contributed by atoms with Crippen molar-refractivity contribution in [1.29, 1.82) is 0 Å². The van der Waals surface area contributed by atoms with Crippen LogP contribution in [0, 0.1) is 0 Å². The molecular weight excluding hydrogens is 442 g/mol. The first-order valence-corrected chi connectivity index (χ1v) is 12.5. The molecule has 1 atom stereocenters. The number of aryl methyl sites for hydroxylation is 1. The third-order valence-corrected chi connectivity index (χ3v) is 7.85. The molecule has 1 aromatic heterocycles. The van der Waals surface area contributed by atoms with Crippen LogP contribution in [0.2, 0.25) is 0 Å². The lowest BCUT2D eigenvalue weighted by molar-refractivity contribution is -0.183. The molecule has 172 valence electrons. The Hall–Kier alpha value is -3.25. The fourth-order valence-corrected chi connectivity index (χ4v) is 5.86. The average Bonchev–Trinajstić information content (AvgIpc) is 3.23. The number of para-hydroxylation sites is 1. The predicted octanol–water partition coefficient (Wildman–Crippen LogP) is 6.48. The molecule has 5 heteroatoms. The van der Waals surface area contributed by atoms with Crippen molar-refractivity contribution in [3.05, 3.63) is 108 Å². The summed E-state index contributed by atoms with van der Waals surface area (Å²) in [6, 6.07) is 31.9. The van der Waals surface area contributed by atoms with E-state index in [4.69, 9.17) is 9.47 Å². The lowest BCUT2D eigenvalue weighted by atomic mass is 9.95. The number of rotatable bonds is 7. The van der Waals surface area contributed by atoms with Gasteiger partial charge in [0.25, 0.3) is 0 Å². The smallest absolute Gasteiger partial charge is 0.221 e. The first kappa shape index (κ1) is 22.5. The van der Waals surface area contributed by atoms with Gasteiger partial charge >= 0.3 is 0 Å². The van der Waals surface area contributed by atoms with Crippen LogP contribution in [0.1, 0.15) is 18.1 Å². The highest BCUT2D eigenvalue weighted by Gasteiger charge is 2.35. The van der Waals surface area contributed by atoms with Crippen molar-refractivity contribution in [1.82, 2.24) is 4.57 Å². The van der Waals surface area contributed by atoms with Crippen molar-refractivity contribution < 1.29 is 13.7 Å². The van der Waals surface area contributed by atoms with Gasteiger partial charge in [0.2, 0.25) is 5.79 Å². The third kappa shape index (κ3) is 3.57. The predicted molar refractivity (Wildman–Crippen MR) is 137 cm³/mol. The van der Waals surface area contributed by atoms with Gasteiger partial charge in [-0.2, -0.15) is 0 Å². The molecule has 0 bridgehead atoms. The normalized spacial score (nSPS) is 12.9. The zero-order valence-corrected chi connectivity index (χ0v) is 20.3. The Balaban J connectivity index is 1.60. The van der Waals surface area contributed by atoms with Gasteiger partial charge < -0.3 is 14.0 Å². The first-order chi connectivity index (χ1) is 16.6. The van der Waals surface area contributed by atoms with Crippen LogP contribution in [0.5, 0.6) is 0 Å². The zero-order valence-electron chi connectivity index (χ0n) is 19.5. The van der Waals surface area contributed by atoms with Crippen LogP contribution in [0.3, 0.4) is 0 Å². The van der Waals surface area contributed by atoms with Crippen molar-refractivity contribution in [2.45, 2.75) is 29.0 Å². The maximum atomic E-state index is 13.0. The van der Waals surface area contributed by atoms with Gasteiger partial charge in [-0.1, -0.05) is 54.6 Å². The molecule has 0 radical (unpaired) electrons. The molecule has 0 aliphatic carbocycles. The highest BCUT2D eigenvalue weighted by molar-refractivity contribution is 7.85. The van der Waals surface area contributed by atoms with E-state index in [0.29, 0.717) is 0 Å². The lowest BCUT2D eigenvalue weighted by Gasteiger charge is -2.32. The number of ether oxygens (including phenoxy) is 2. The Bertz CT molecular complexity index is 1470. The molecule has 5 rings (SSSR count). The Kier molecular flexibility index (Phi) is 6.09. The molecule has 1 heterocycles. The molecule has 0 saturated heterocycles. The van der Waals surface area contributed by atoms with Crippen LogP contribution in [-0.2, 0) is 32.6 Å². The van der Waals surface area contributed by atoms with E-state index in [1.54, 1.807) is 14.2 Å². The van der Waals surface area contributed by atoms with E-state index in [0.717, 1.165) is 32.8 Å². The lowest BCUT2D eigenvalue weighted by Crippen LogP contribution is -2.32. The van der Waals surface area contributed by atoms with Crippen LogP contribution in [-0.4, -0.2) is 23.0 Å². The molecule has 0 aliphatic heterocycles. The minimum Gasteiger partial charge on any atom is -0.346 e. The maximum absolute atomic E-state index is 13.0. The summed E-state index contributed by atoms with van der Waals surface area (Å²) in [5.41, 5.74) is 4.14. The minimum atomic E-state index is -1.25. The van der Waals surface area contributed by atoms with Crippen LogP contribution < -0.4 is 0 Å². The summed E-state index contributed by atoms with van der Waals surface area (Å²) in [7, 11) is 2.06. The quantitative estimate of drug-likeness (QED) is 0.256. The van der Waals surface area contributed by atoms with Gasteiger partial charge in [0.15, 0.2) is 0 Å². The van der Waals surface area contributed by atoms with E-state index in [-0.39, 0.29) is 0 Å². The van der Waals surface area contributed by atoms with Gasteiger partial charge in [0.05, 0.1) is 10.8 Å². The molecule has 5 aromatic rings. The van der Waals surface area contributed by atoms with Crippen molar-refractivity contribution in [2.75, 3.05) is 14.2 Å². The Morgan fingerprint density at radius 1 is 0.706 bits per heavy atom. The molecule has 34 heavy (non-hydrogen) atoms. The molecular formula is C29H27NO3S. The second kappa shape index (κ2) is 9.18. The molecule has 1 unspecified atom stereocenters. The summed E-state index contributed by atoms with van der Waals surface area (Å²) in [6.07, 6.45) is 0. The second-order valence-corrected chi connectivity index (χ2v) is 9.60. The van der Waals surface area contributed by atoms with E-state index in [2.05, 4.69) is 54.0 Å². The first-order valence-electron chi connectivity index (χ1n) is 11.3. The fourth-order valence-electron chi connectivity index (χ4n) is 4.80. The van der Waals surface area contributed by atoms with Crippen LogP contribution in [0.25, 0.3) is 21.8 Å². The summed E-state index contributed by atoms with van der Waals surface area (Å²) in [6.45, 7) is 3.05. The van der Waals surface area contributed by atoms with Crippen molar-refractivity contribution in [3.63, 3.8) is 0 Å². The Morgan fingerprint density at radius 3 is 1.97 bits per heavy atom. The Labute approximate surface area is 202 Å². The molecule has 0 amide bonds. The van der Waals surface area contributed by atoms with E-state index in [9.17, 15) is 4.21 Å². The van der Waals surface area contributed by atoms with Crippen LogP contribution >= 0.6 is 0 Å². The van der Waals surface area contributed by atoms with Gasteiger partial charge in [-0.25, -0.2) is 4.21 Å². The topological polar surface area (TPSA) is 40.5 Å². The summed E-state index contributed by atoms with van der Waals surface area (Å²) in [5, 5.41) is 2.37. The molecule has 4 nitrogen and oxygen atoms in total. The molecule has 0 spiro atoms. The molecule has 0 N–H and O–H groups in total. The van der Waals surface area contributed by atoms with Gasteiger partial charge in [-0.15, -0.1) is 0 Å².